The van der Waals surface area contributed by atoms with E-state index in [1.54, 1.807) is 6.20 Å². The molecule has 0 spiro atoms. The van der Waals surface area contributed by atoms with Crippen LogP contribution in [0, 0.1) is 11.3 Å². The maximum absolute atomic E-state index is 8.85. The van der Waals surface area contributed by atoms with Crippen LogP contribution in [0.5, 0.6) is 0 Å². The summed E-state index contributed by atoms with van der Waals surface area (Å²) in [5, 5.41) is 12.1. The monoisotopic (exact) mass is 266 g/mol. The molecule has 1 N–H and O–H groups in total. The molecule has 0 amide bonds. The van der Waals surface area contributed by atoms with Crippen molar-refractivity contribution in [1.82, 2.24) is 4.98 Å². The number of hydrogen-bond donors (Lipinski definition) is 1. The zero-order chi connectivity index (χ0) is 14.2. The first-order valence-corrected chi connectivity index (χ1v) is 6.74. The molecule has 0 saturated heterocycles. The third-order valence-corrected chi connectivity index (χ3v) is 2.93. The lowest BCUT2D eigenvalue weighted by Crippen LogP contribution is -2.18. The highest BCUT2D eigenvalue weighted by atomic mass is 15.1. The van der Waals surface area contributed by atoms with Crippen LogP contribution in [0.25, 0.3) is 0 Å². The molecule has 4 heteroatoms. The lowest BCUT2D eigenvalue weighted by Gasteiger charge is -2.24. The van der Waals surface area contributed by atoms with Crippen molar-refractivity contribution in [2.24, 2.45) is 0 Å². The lowest BCUT2D eigenvalue weighted by molar-refractivity contribution is 0.946. The zero-order valence-corrected chi connectivity index (χ0v) is 11.6. The van der Waals surface area contributed by atoms with Crippen molar-refractivity contribution < 1.29 is 0 Å². The summed E-state index contributed by atoms with van der Waals surface area (Å²) in [4.78, 5) is 6.41. The van der Waals surface area contributed by atoms with E-state index in [1.165, 1.54) is 0 Å². The first-order valence-electron chi connectivity index (χ1n) is 6.74. The summed E-state index contributed by atoms with van der Waals surface area (Å²) >= 11 is 0. The van der Waals surface area contributed by atoms with Crippen LogP contribution in [0.4, 0.5) is 17.2 Å². The molecular formula is C16H18N4. The van der Waals surface area contributed by atoms with E-state index >= 15 is 0 Å². The van der Waals surface area contributed by atoms with Crippen LogP contribution in [-0.2, 0) is 0 Å². The summed E-state index contributed by atoms with van der Waals surface area (Å²) in [6.45, 7) is 3.54. The van der Waals surface area contributed by atoms with Gasteiger partial charge in [0.05, 0.1) is 12.5 Å². The number of aromatic nitrogens is 1. The minimum Gasteiger partial charge on any atom is -0.370 e. The van der Waals surface area contributed by atoms with Crippen molar-refractivity contribution >= 4 is 17.2 Å². The molecule has 0 unspecified atom stereocenters. The van der Waals surface area contributed by atoms with E-state index < -0.39 is 0 Å². The van der Waals surface area contributed by atoms with Crippen molar-refractivity contribution in [1.29, 1.82) is 5.26 Å². The fraction of sp³-hybridized carbons (Fsp3) is 0.250. The Morgan fingerprint density at radius 1 is 1.20 bits per heavy atom. The molecule has 0 fully saturated rings. The van der Waals surface area contributed by atoms with E-state index in [2.05, 4.69) is 21.3 Å². The van der Waals surface area contributed by atoms with Crippen LogP contribution >= 0.6 is 0 Å². The molecule has 1 heterocycles. The molecule has 0 aliphatic carbocycles. The summed E-state index contributed by atoms with van der Waals surface area (Å²) in [5.41, 5.74) is 2.12. The molecule has 1 aromatic heterocycles. The van der Waals surface area contributed by atoms with Gasteiger partial charge in [0.2, 0.25) is 0 Å². The Bertz CT molecular complexity index is 575. The molecule has 2 rings (SSSR count). The highest BCUT2D eigenvalue weighted by Gasteiger charge is 2.09. The van der Waals surface area contributed by atoms with E-state index in [1.807, 2.05) is 49.4 Å². The molecule has 1 aromatic carbocycles. The average molecular weight is 266 g/mol. The molecule has 0 saturated carbocycles. The predicted molar refractivity (Wildman–Crippen MR) is 82.1 cm³/mol. The van der Waals surface area contributed by atoms with Gasteiger partial charge < -0.3 is 10.2 Å². The van der Waals surface area contributed by atoms with Crippen molar-refractivity contribution in [2.75, 3.05) is 23.3 Å². The minimum atomic E-state index is 0.480. The lowest BCUT2D eigenvalue weighted by atomic mass is 10.2. The van der Waals surface area contributed by atoms with Gasteiger partial charge in [-0.05, 0) is 25.1 Å². The van der Waals surface area contributed by atoms with E-state index in [4.69, 9.17) is 5.26 Å². The third-order valence-electron chi connectivity index (χ3n) is 2.93. The van der Waals surface area contributed by atoms with Gasteiger partial charge >= 0.3 is 0 Å². The maximum atomic E-state index is 8.85. The Balaban J connectivity index is 2.31. The number of nitrogens with zero attached hydrogens (tertiary/aromatic N) is 3. The highest BCUT2D eigenvalue weighted by Crippen LogP contribution is 2.26. The second-order valence-corrected chi connectivity index (χ2v) is 4.32. The van der Waals surface area contributed by atoms with Crippen molar-refractivity contribution in [3.8, 4) is 6.07 Å². The first kappa shape index (κ1) is 13.9. The van der Waals surface area contributed by atoms with Crippen LogP contribution in [0.15, 0.2) is 48.7 Å². The van der Waals surface area contributed by atoms with Crippen LogP contribution in [0.2, 0.25) is 0 Å². The zero-order valence-electron chi connectivity index (χ0n) is 11.6. The van der Waals surface area contributed by atoms with Gasteiger partial charge in [-0.3, -0.25) is 0 Å². The van der Waals surface area contributed by atoms with E-state index in [0.717, 1.165) is 23.7 Å². The predicted octanol–water partition coefficient (Wildman–Crippen LogP) is 3.57. The van der Waals surface area contributed by atoms with Crippen molar-refractivity contribution in [2.45, 2.75) is 13.3 Å². The molecule has 102 valence electrons. The highest BCUT2D eigenvalue weighted by molar-refractivity contribution is 5.65. The van der Waals surface area contributed by atoms with E-state index in [9.17, 15) is 0 Å². The standard InChI is InChI=1S/C16H18N4/c1-2-18-16-13-15(9-11-19-16)20(12-6-10-17)14-7-4-3-5-8-14/h3-5,7-9,11,13H,2,6,12H2,1H3,(H,18,19). The molecule has 20 heavy (non-hydrogen) atoms. The largest absolute Gasteiger partial charge is 0.370 e. The number of pyridine rings is 1. The molecule has 0 radical (unpaired) electrons. The fourth-order valence-electron chi connectivity index (χ4n) is 2.04. The van der Waals surface area contributed by atoms with Gasteiger partial charge in [-0.25, -0.2) is 4.98 Å². The molecule has 0 aliphatic heterocycles. The van der Waals surface area contributed by atoms with E-state index in [-0.39, 0.29) is 0 Å². The second kappa shape index (κ2) is 7.15. The second-order valence-electron chi connectivity index (χ2n) is 4.32. The summed E-state index contributed by atoms with van der Waals surface area (Å²) in [7, 11) is 0. The third kappa shape index (κ3) is 3.48. The number of rotatable bonds is 6. The number of nitriles is 1. The fourth-order valence-corrected chi connectivity index (χ4v) is 2.04. The Morgan fingerprint density at radius 2 is 2.00 bits per heavy atom. The van der Waals surface area contributed by atoms with Gasteiger partial charge in [-0.2, -0.15) is 5.26 Å². The number of hydrogen-bond acceptors (Lipinski definition) is 4. The Hall–Kier alpha value is -2.54. The van der Waals surface area contributed by atoms with Gasteiger partial charge in [0.15, 0.2) is 0 Å². The SMILES string of the molecule is CCNc1cc(N(CCC#N)c2ccccc2)ccn1. The van der Waals surface area contributed by atoms with E-state index in [0.29, 0.717) is 13.0 Å². The molecule has 0 atom stereocenters. The summed E-state index contributed by atoms with van der Waals surface area (Å²) in [6, 6.07) is 16.3. The number of nitrogens with one attached hydrogen (secondary N) is 1. The van der Waals surface area contributed by atoms with Gasteiger partial charge in [0.25, 0.3) is 0 Å². The number of anilines is 3. The first-order chi connectivity index (χ1) is 9.85. The molecular weight excluding hydrogens is 248 g/mol. The quantitative estimate of drug-likeness (QED) is 0.868. The van der Waals surface area contributed by atoms with Gasteiger partial charge in [-0.15, -0.1) is 0 Å². The number of para-hydroxylation sites is 1. The topological polar surface area (TPSA) is 52.0 Å². The molecule has 4 nitrogen and oxygen atoms in total. The van der Waals surface area contributed by atoms with Gasteiger partial charge in [0.1, 0.15) is 5.82 Å². The number of benzene rings is 1. The Kier molecular flexibility index (Phi) is 4.96. The van der Waals surface area contributed by atoms with Crippen LogP contribution in [0.1, 0.15) is 13.3 Å². The summed E-state index contributed by atoms with van der Waals surface area (Å²) in [5.74, 6) is 0.850. The Labute approximate surface area is 119 Å². The summed E-state index contributed by atoms with van der Waals surface area (Å²) < 4.78 is 0. The van der Waals surface area contributed by atoms with Crippen molar-refractivity contribution in [3.05, 3.63) is 48.7 Å². The molecule has 2 aromatic rings. The van der Waals surface area contributed by atoms with Gasteiger partial charge in [0, 0.05) is 36.7 Å². The van der Waals surface area contributed by atoms with Gasteiger partial charge in [-0.1, -0.05) is 18.2 Å². The van der Waals surface area contributed by atoms with Crippen LogP contribution in [0.3, 0.4) is 0 Å². The molecule has 0 bridgehead atoms. The molecule has 0 aliphatic rings. The normalized spacial score (nSPS) is 9.80. The summed E-state index contributed by atoms with van der Waals surface area (Å²) in [6.07, 6.45) is 2.27. The maximum Gasteiger partial charge on any atom is 0.127 e. The smallest absolute Gasteiger partial charge is 0.127 e. The van der Waals surface area contributed by atoms with Crippen molar-refractivity contribution in [3.63, 3.8) is 0 Å². The minimum absolute atomic E-state index is 0.480. The van der Waals surface area contributed by atoms with Crippen LogP contribution in [-0.4, -0.2) is 18.1 Å². The van der Waals surface area contributed by atoms with Crippen LogP contribution < -0.4 is 10.2 Å². The Morgan fingerprint density at radius 3 is 2.70 bits per heavy atom. The average Bonchev–Trinajstić information content (AvgIpc) is 2.50.